The molecule has 2 rings (SSSR count). The Hall–Kier alpha value is -0.160. The quantitative estimate of drug-likeness (QED) is 0.920. The highest BCUT2D eigenvalue weighted by Gasteiger charge is 2.23. The maximum Gasteiger partial charge on any atom is 0.109 e. The SMILES string of the molecule is FC[C@H](c1cc(Cl)ccc1Br)N1CCNCC1. The summed E-state index contributed by atoms with van der Waals surface area (Å²) in [5.74, 6) is 0. The predicted molar refractivity (Wildman–Crippen MR) is 72.3 cm³/mol. The Balaban J connectivity index is 2.24. The summed E-state index contributed by atoms with van der Waals surface area (Å²) < 4.78 is 14.2. The van der Waals surface area contributed by atoms with Crippen LogP contribution in [0.3, 0.4) is 0 Å². The molecule has 0 amide bonds. The smallest absolute Gasteiger partial charge is 0.109 e. The van der Waals surface area contributed by atoms with E-state index < -0.39 is 0 Å². The minimum absolute atomic E-state index is 0.204. The molecule has 0 aromatic heterocycles. The first-order valence-corrected chi connectivity index (χ1v) is 6.85. The van der Waals surface area contributed by atoms with Gasteiger partial charge in [-0.05, 0) is 23.8 Å². The van der Waals surface area contributed by atoms with Crippen LogP contribution in [0, 0.1) is 0 Å². The molecule has 0 radical (unpaired) electrons. The van der Waals surface area contributed by atoms with E-state index in [9.17, 15) is 4.39 Å². The van der Waals surface area contributed by atoms with E-state index >= 15 is 0 Å². The second kappa shape index (κ2) is 6.14. The molecule has 0 bridgehead atoms. The zero-order valence-corrected chi connectivity index (χ0v) is 11.8. The summed E-state index contributed by atoms with van der Waals surface area (Å²) in [4.78, 5) is 2.16. The van der Waals surface area contributed by atoms with Gasteiger partial charge >= 0.3 is 0 Å². The van der Waals surface area contributed by atoms with Crippen LogP contribution in [0.5, 0.6) is 0 Å². The number of benzene rings is 1. The third-order valence-electron chi connectivity index (χ3n) is 3.06. The number of alkyl halides is 1. The van der Waals surface area contributed by atoms with Gasteiger partial charge in [-0.1, -0.05) is 27.5 Å². The van der Waals surface area contributed by atoms with Crippen molar-refractivity contribution in [2.75, 3.05) is 32.9 Å². The first-order valence-electron chi connectivity index (χ1n) is 5.68. The number of hydrogen-bond donors (Lipinski definition) is 1. The summed E-state index contributed by atoms with van der Waals surface area (Å²) in [6, 6.07) is 5.33. The predicted octanol–water partition coefficient (Wildman–Crippen LogP) is 3.02. The van der Waals surface area contributed by atoms with Gasteiger partial charge in [0.15, 0.2) is 0 Å². The first kappa shape index (κ1) is 13.3. The van der Waals surface area contributed by atoms with E-state index in [1.165, 1.54) is 0 Å². The molecule has 0 spiro atoms. The molecule has 0 unspecified atom stereocenters. The lowest BCUT2D eigenvalue weighted by Gasteiger charge is -2.34. The monoisotopic (exact) mass is 320 g/mol. The highest BCUT2D eigenvalue weighted by Crippen LogP contribution is 2.30. The summed E-state index contributed by atoms with van der Waals surface area (Å²) in [7, 11) is 0. The Labute approximate surface area is 114 Å². The normalized spacial score (nSPS) is 19.2. The van der Waals surface area contributed by atoms with E-state index in [2.05, 4.69) is 26.1 Å². The molecule has 1 aromatic rings. The molecule has 1 aliphatic heterocycles. The van der Waals surface area contributed by atoms with Crippen LogP contribution in [0.1, 0.15) is 11.6 Å². The third kappa shape index (κ3) is 3.19. The Kier molecular flexibility index (Phi) is 4.79. The van der Waals surface area contributed by atoms with Crippen molar-refractivity contribution in [2.45, 2.75) is 6.04 Å². The standard InChI is InChI=1S/C12H15BrClFN2/c13-11-2-1-9(14)7-10(11)12(8-15)17-5-3-16-4-6-17/h1-2,7,12,16H,3-6,8H2/t12-/m1/s1. The van der Waals surface area contributed by atoms with Crippen LogP contribution >= 0.6 is 27.5 Å². The molecule has 1 aliphatic rings. The molecule has 1 heterocycles. The Bertz CT molecular complexity index is 383. The molecule has 0 aliphatic carbocycles. The minimum Gasteiger partial charge on any atom is -0.314 e. The molecule has 1 saturated heterocycles. The summed E-state index contributed by atoms with van der Waals surface area (Å²) in [5.41, 5.74) is 0.932. The highest BCUT2D eigenvalue weighted by atomic mass is 79.9. The van der Waals surface area contributed by atoms with E-state index in [-0.39, 0.29) is 12.7 Å². The van der Waals surface area contributed by atoms with Gasteiger partial charge in [-0.2, -0.15) is 0 Å². The molecule has 2 nitrogen and oxygen atoms in total. The zero-order valence-electron chi connectivity index (χ0n) is 9.43. The van der Waals surface area contributed by atoms with Crippen LogP contribution in [0.2, 0.25) is 5.02 Å². The van der Waals surface area contributed by atoms with Crippen LogP contribution in [0.4, 0.5) is 4.39 Å². The molecule has 1 N–H and O–H groups in total. The lowest BCUT2D eigenvalue weighted by Crippen LogP contribution is -2.45. The lowest BCUT2D eigenvalue weighted by atomic mass is 10.1. The zero-order chi connectivity index (χ0) is 12.3. The lowest BCUT2D eigenvalue weighted by molar-refractivity contribution is 0.147. The van der Waals surface area contributed by atoms with Crippen molar-refractivity contribution in [1.29, 1.82) is 0 Å². The fraction of sp³-hybridized carbons (Fsp3) is 0.500. The Morgan fingerprint density at radius 3 is 2.76 bits per heavy atom. The largest absolute Gasteiger partial charge is 0.314 e. The van der Waals surface area contributed by atoms with Crippen molar-refractivity contribution in [1.82, 2.24) is 10.2 Å². The van der Waals surface area contributed by atoms with E-state index in [1.807, 2.05) is 18.2 Å². The van der Waals surface area contributed by atoms with Crippen molar-refractivity contribution >= 4 is 27.5 Å². The molecule has 17 heavy (non-hydrogen) atoms. The van der Waals surface area contributed by atoms with Gasteiger partial charge in [0, 0.05) is 35.7 Å². The van der Waals surface area contributed by atoms with Gasteiger partial charge in [0.25, 0.3) is 0 Å². The average Bonchev–Trinajstić information content (AvgIpc) is 2.36. The van der Waals surface area contributed by atoms with Crippen LogP contribution < -0.4 is 5.32 Å². The summed E-state index contributed by atoms with van der Waals surface area (Å²) in [6.45, 7) is 3.17. The van der Waals surface area contributed by atoms with Gasteiger partial charge < -0.3 is 5.32 Å². The molecule has 1 atom stereocenters. The maximum absolute atomic E-state index is 13.3. The minimum atomic E-state index is -0.390. The van der Waals surface area contributed by atoms with Crippen molar-refractivity contribution < 1.29 is 4.39 Å². The van der Waals surface area contributed by atoms with Gasteiger partial charge in [0.05, 0.1) is 6.04 Å². The van der Waals surface area contributed by atoms with E-state index in [0.717, 1.165) is 36.2 Å². The van der Waals surface area contributed by atoms with Crippen molar-refractivity contribution in [2.24, 2.45) is 0 Å². The highest BCUT2D eigenvalue weighted by molar-refractivity contribution is 9.10. The number of nitrogens with one attached hydrogen (secondary N) is 1. The van der Waals surface area contributed by atoms with Gasteiger partial charge in [-0.25, -0.2) is 4.39 Å². The van der Waals surface area contributed by atoms with Crippen molar-refractivity contribution in [3.63, 3.8) is 0 Å². The number of rotatable bonds is 3. The fourth-order valence-corrected chi connectivity index (χ4v) is 2.83. The molecule has 1 fully saturated rings. The second-order valence-electron chi connectivity index (χ2n) is 4.12. The third-order valence-corrected chi connectivity index (χ3v) is 4.01. The molecule has 0 saturated carbocycles. The number of nitrogens with zero attached hydrogens (tertiary/aromatic N) is 1. The molecule has 5 heteroatoms. The van der Waals surface area contributed by atoms with Crippen LogP contribution in [0.25, 0.3) is 0 Å². The average molecular weight is 322 g/mol. The number of piperazine rings is 1. The van der Waals surface area contributed by atoms with E-state index in [4.69, 9.17) is 11.6 Å². The van der Waals surface area contributed by atoms with E-state index in [0.29, 0.717) is 5.02 Å². The van der Waals surface area contributed by atoms with E-state index in [1.54, 1.807) is 0 Å². The Morgan fingerprint density at radius 2 is 2.12 bits per heavy atom. The summed E-state index contributed by atoms with van der Waals surface area (Å²) >= 11 is 9.45. The molecule has 1 aromatic carbocycles. The van der Waals surface area contributed by atoms with Crippen LogP contribution in [0.15, 0.2) is 22.7 Å². The van der Waals surface area contributed by atoms with Crippen LogP contribution in [-0.4, -0.2) is 37.8 Å². The van der Waals surface area contributed by atoms with Gasteiger partial charge in [0.2, 0.25) is 0 Å². The molecular weight excluding hydrogens is 307 g/mol. The van der Waals surface area contributed by atoms with Crippen molar-refractivity contribution in [3.05, 3.63) is 33.3 Å². The second-order valence-corrected chi connectivity index (χ2v) is 5.41. The molecular formula is C12H15BrClFN2. The van der Waals surface area contributed by atoms with Crippen molar-refractivity contribution in [3.8, 4) is 0 Å². The summed E-state index contributed by atoms with van der Waals surface area (Å²) in [6.07, 6.45) is 0. The fourth-order valence-electron chi connectivity index (χ4n) is 2.14. The van der Waals surface area contributed by atoms with Crippen LogP contribution in [-0.2, 0) is 0 Å². The number of halogens is 3. The summed E-state index contributed by atoms with van der Waals surface area (Å²) in [5, 5.41) is 3.92. The Morgan fingerprint density at radius 1 is 1.41 bits per heavy atom. The topological polar surface area (TPSA) is 15.3 Å². The van der Waals surface area contributed by atoms with Gasteiger partial charge in [0.1, 0.15) is 6.67 Å². The first-order chi connectivity index (χ1) is 8.22. The number of hydrogen-bond acceptors (Lipinski definition) is 2. The molecule has 94 valence electrons. The maximum atomic E-state index is 13.3. The van der Waals surface area contributed by atoms with Gasteiger partial charge in [-0.3, -0.25) is 4.90 Å². The van der Waals surface area contributed by atoms with Gasteiger partial charge in [-0.15, -0.1) is 0 Å².